The molecule has 12 heavy (non-hydrogen) atoms. The summed E-state index contributed by atoms with van der Waals surface area (Å²) in [4.78, 5) is 10.3. The monoisotopic (exact) mass is 164 g/mol. The van der Waals surface area contributed by atoms with Gasteiger partial charge in [0.25, 0.3) is 0 Å². The van der Waals surface area contributed by atoms with E-state index < -0.39 is 0 Å². The zero-order valence-electron chi connectivity index (χ0n) is 6.53. The second-order valence-corrected chi connectivity index (χ2v) is 2.46. The van der Waals surface area contributed by atoms with Gasteiger partial charge >= 0.3 is 7.48 Å². The lowest BCUT2D eigenvalue weighted by atomic mass is 9.84. The molecule has 0 aromatic heterocycles. The van der Waals surface area contributed by atoms with Crippen LogP contribution in [0, 0.1) is 0 Å². The molecule has 0 fully saturated rings. The van der Waals surface area contributed by atoms with Gasteiger partial charge in [-0.2, -0.15) is 0 Å². The van der Waals surface area contributed by atoms with Gasteiger partial charge in [0.2, 0.25) is 0 Å². The van der Waals surface area contributed by atoms with Crippen LogP contribution in [-0.2, 0) is 6.61 Å². The molecule has 1 aromatic rings. The molecule has 0 unspecified atom stereocenters. The third-order valence-electron chi connectivity index (χ3n) is 1.71. The molecule has 0 saturated carbocycles. The molecule has 0 amide bonds. The summed E-state index contributed by atoms with van der Waals surface area (Å²) in [6.45, 7) is -0.155. The van der Waals surface area contributed by atoms with Gasteiger partial charge in [0, 0.05) is 5.56 Å². The molecule has 0 saturated heterocycles. The number of hydrogen-bond donors (Lipinski definition) is 2. The fourth-order valence-corrected chi connectivity index (χ4v) is 1.02. The van der Waals surface area contributed by atoms with Crippen LogP contribution in [-0.4, -0.2) is 23.9 Å². The van der Waals surface area contributed by atoms with E-state index in [0.717, 1.165) is 0 Å². The van der Waals surface area contributed by atoms with Crippen molar-refractivity contribution in [3.63, 3.8) is 0 Å². The Labute approximate surface area is 70.9 Å². The van der Waals surface area contributed by atoms with Crippen molar-refractivity contribution in [2.24, 2.45) is 0 Å². The average molecular weight is 164 g/mol. The largest absolute Gasteiger partial charge is 0.449 e. The van der Waals surface area contributed by atoms with Crippen LogP contribution in [0.2, 0.25) is 0 Å². The highest BCUT2D eigenvalue weighted by Crippen LogP contribution is 1.99. The normalized spacial score (nSPS) is 9.50. The molecular formula is C8H9BO3. The van der Waals surface area contributed by atoms with Crippen LogP contribution in [0.25, 0.3) is 0 Å². The highest BCUT2D eigenvalue weighted by atomic mass is 16.3. The Bertz CT molecular complexity index is 286. The standard InChI is InChI=1S/C8H9BO3/c10-4-6-1-2-8(9-12)7(3-6)5-11/h1-4,9,11-12H,5H2. The van der Waals surface area contributed by atoms with E-state index in [2.05, 4.69) is 0 Å². The van der Waals surface area contributed by atoms with Crippen molar-refractivity contribution >= 4 is 19.2 Å². The van der Waals surface area contributed by atoms with E-state index in [1.54, 1.807) is 18.2 Å². The molecule has 0 aliphatic heterocycles. The highest BCUT2D eigenvalue weighted by Gasteiger charge is 2.02. The first-order valence-corrected chi connectivity index (χ1v) is 3.60. The van der Waals surface area contributed by atoms with Gasteiger partial charge in [-0.3, -0.25) is 4.79 Å². The Morgan fingerprint density at radius 3 is 2.75 bits per heavy atom. The predicted molar refractivity (Wildman–Crippen MR) is 46.8 cm³/mol. The summed E-state index contributed by atoms with van der Waals surface area (Å²) in [6.07, 6.45) is 0.709. The first kappa shape index (κ1) is 8.97. The summed E-state index contributed by atoms with van der Waals surface area (Å²) in [6, 6.07) is 4.81. The van der Waals surface area contributed by atoms with Crippen LogP contribution in [0.4, 0.5) is 0 Å². The van der Waals surface area contributed by atoms with Gasteiger partial charge in [0.05, 0.1) is 6.61 Å². The van der Waals surface area contributed by atoms with Gasteiger partial charge in [0.1, 0.15) is 6.29 Å². The quantitative estimate of drug-likeness (QED) is 0.443. The molecule has 3 nitrogen and oxygen atoms in total. The maximum absolute atomic E-state index is 10.3. The molecule has 0 aliphatic carbocycles. The van der Waals surface area contributed by atoms with Crippen LogP contribution < -0.4 is 5.46 Å². The lowest BCUT2D eigenvalue weighted by Crippen LogP contribution is -2.19. The minimum absolute atomic E-state index is 0.116. The van der Waals surface area contributed by atoms with Crippen molar-refractivity contribution < 1.29 is 14.9 Å². The minimum atomic E-state index is -0.155. The van der Waals surface area contributed by atoms with Crippen molar-refractivity contribution in [2.45, 2.75) is 6.61 Å². The molecule has 4 heteroatoms. The van der Waals surface area contributed by atoms with Gasteiger partial charge in [-0.25, -0.2) is 0 Å². The predicted octanol–water partition coefficient (Wildman–Crippen LogP) is -1.04. The Kier molecular flexibility index (Phi) is 3.02. The van der Waals surface area contributed by atoms with Crippen molar-refractivity contribution in [3.05, 3.63) is 29.3 Å². The number of carbonyl (C=O) groups excluding carboxylic acids is 1. The lowest BCUT2D eigenvalue weighted by molar-refractivity contribution is 0.112. The molecule has 62 valence electrons. The summed E-state index contributed by atoms with van der Waals surface area (Å²) in [5.41, 5.74) is 1.77. The number of rotatable bonds is 3. The highest BCUT2D eigenvalue weighted by molar-refractivity contribution is 6.46. The summed E-state index contributed by atoms with van der Waals surface area (Å²) in [5.74, 6) is 0. The van der Waals surface area contributed by atoms with Crippen LogP contribution >= 0.6 is 0 Å². The number of aliphatic hydroxyl groups excluding tert-OH is 1. The van der Waals surface area contributed by atoms with E-state index in [9.17, 15) is 4.79 Å². The van der Waals surface area contributed by atoms with Gasteiger partial charge in [0.15, 0.2) is 0 Å². The topological polar surface area (TPSA) is 57.5 Å². The first-order chi connectivity index (χ1) is 5.81. The number of aldehydes is 1. The average Bonchev–Trinajstić information content (AvgIpc) is 2.16. The molecule has 0 spiro atoms. The third-order valence-corrected chi connectivity index (χ3v) is 1.71. The summed E-state index contributed by atoms with van der Waals surface area (Å²) in [7, 11) is -0.116. The molecule has 0 radical (unpaired) electrons. The molecule has 0 bridgehead atoms. The number of benzene rings is 1. The van der Waals surface area contributed by atoms with E-state index >= 15 is 0 Å². The van der Waals surface area contributed by atoms with Crippen LogP contribution in [0.15, 0.2) is 18.2 Å². The van der Waals surface area contributed by atoms with Gasteiger partial charge in [-0.15, -0.1) is 0 Å². The summed E-state index contributed by atoms with van der Waals surface area (Å²) in [5, 5.41) is 17.7. The van der Waals surface area contributed by atoms with E-state index in [1.165, 1.54) is 0 Å². The molecule has 1 rings (SSSR count). The van der Waals surface area contributed by atoms with Crippen molar-refractivity contribution in [1.82, 2.24) is 0 Å². The lowest BCUT2D eigenvalue weighted by Gasteiger charge is -2.03. The fraction of sp³-hybridized carbons (Fsp3) is 0.125. The van der Waals surface area contributed by atoms with Crippen molar-refractivity contribution in [3.8, 4) is 0 Å². The van der Waals surface area contributed by atoms with Crippen LogP contribution in [0.1, 0.15) is 15.9 Å². The zero-order valence-corrected chi connectivity index (χ0v) is 6.53. The molecule has 0 heterocycles. The SMILES string of the molecule is O=Cc1ccc(BO)c(CO)c1. The van der Waals surface area contributed by atoms with E-state index in [1.807, 2.05) is 0 Å². The summed E-state index contributed by atoms with van der Waals surface area (Å²) < 4.78 is 0. The maximum atomic E-state index is 10.3. The second-order valence-electron chi connectivity index (χ2n) is 2.46. The van der Waals surface area contributed by atoms with E-state index in [-0.39, 0.29) is 14.1 Å². The molecule has 0 aliphatic rings. The van der Waals surface area contributed by atoms with Gasteiger partial charge < -0.3 is 10.1 Å². The maximum Gasteiger partial charge on any atom is 0.305 e. The van der Waals surface area contributed by atoms with Gasteiger partial charge in [-0.05, 0) is 17.1 Å². The molecule has 0 atom stereocenters. The third kappa shape index (κ3) is 1.72. The Balaban J connectivity index is 3.10. The van der Waals surface area contributed by atoms with Crippen LogP contribution in [0.3, 0.4) is 0 Å². The van der Waals surface area contributed by atoms with Crippen molar-refractivity contribution in [1.29, 1.82) is 0 Å². The molecule has 2 N–H and O–H groups in total. The Hall–Kier alpha value is -1.13. The smallest absolute Gasteiger partial charge is 0.305 e. The summed E-state index contributed by atoms with van der Waals surface area (Å²) >= 11 is 0. The number of aliphatic hydroxyl groups is 1. The van der Waals surface area contributed by atoms with E-state index in [0.29, 0.717) is 22.9 Å². The molecule has 1 aromatic carbocycles. The van der Waals surface area contributed by atoms with Crippen LogP contribution in [0.5, 0.6) is 0 Å². The van der Waals surface area contributed by atoms with Gasteiger partial charge in [-0.1, -0.05) is 12.1 Å². The second kappa shape index (κ2) is 4.04. The number of hydrogen-bond acceptors (Lipinski definition) is 3. The Morgan fingerprint density at radius 1 is 1.50 bits per heavy atom. The zero-order chi connectivity index (χ0) is 8.97. The first-order valence-electron chi connectivity index (χ1n) is 3.60. The van der Waals surface area contributed by atoms with Crippen molar-refractivity contribution in [2.75, 3.05) is 0 Å². The Morgan fingerprint density at radius 2 is 2.25 bits per heavy atom. The molecular weight excluding hydrogens is 155 g/mol. The van der Waals surface area contributed by atoms with E-state index in [4.69, 9.17) is 10.1 Å². The minimum Gasteiger partial charge on any atom is -0.449 e. The fourth-order valence-electron chi connectivity index (χ4n) is 1.02. The number of carbonyl (C=O) groups is 1.